The molecule has 94 valence electrons. The number of nitrogens with zero attached hydrogens (tertiary/aromatic N) is 1. The van der Waals surface area contributed by atoms with E-state index in [2.05, 4.69) is 15.3 Å². The van der Waals surface area contributed by atoms with Gasteiger partial charge < -0.3 is 15.0 Å². The minimum atomic E-state index is 0.0800. The largest absolute Gasteiger partial charge is 0.378 e. The molecule has 1 aromatic rings. The molecule has 0 aromatic carbocycles. The number of aromatic nitrogens is 2. The molecule has 2 rings (SSSR count). The van der Waals surface area contributed by atoms with Crippen molar-refractivity contribution in [2.75, 3.05) is 13.2 Å². The number of hydrogen-bond acceptors (Lipinski definition) is 3. The molecule has 1 aromatic heterocycles. The van der Waals surface area contributed by atoms with Gasteiger partial charge >= 0.3 is 0 Å². The first-order chi connectivity index (χ1) is 8.34. The highest BCUT2D eigenvalue weighted by Gasteiger charge is 2.17. The summed E-state index contributed by atoms with van der Waals surface area (Å²) in [5, 5.41) is 2.90. The van der Waals surface area contributed by atoms with Crippen LogP contribution in [0.1, 0.15) is 31.4 Å². The topological polar surface area (TPSA) is 67.0 Å². The van der Waals surface area contributed by atoms with Gasteiger partial charge in [-0.05, 0) is 19.3 Å². The lowest BCUT2D eigenvalue weighted by molar-refractivity contribution is -0.124. The SMILES string of the molecule is O=C(CC1CCCCO1)NCCc1cnc[nH]1. The van der Waals surface area contributed by atoms with Crippen molar-refractivity contribution >= 4 is 5.91 Å². The second-order valence-corrected chi connectivity index (χ2v) is 4.37. The van der Waals surface area contributed by atoms with Crippen LogP contribution in [0.15, 0.2) is 12.5 Å². The molecular formula is C12H19N3O2. The lowest BCUT2D eigenvalue weighted by atomic mass is 10.1. The molecular weight excluding hydrogens is 218 g/mol. The molecule has 1 atom stereocenters. The Bertz CT molecular complexity index is 332. The van der Waals surface area contributed by atoms with Crippen molar-refractivity contribution < 1.29 is 9.53 Å². The Morgan fingerprint density at radius 1 is 1.59 bits per heavy atom. The summed E-state index contributed by atoms with van der Waals surface area (Å²) in [5.41, 5.74) is 1.04. The van der Waals surface area contributed by atoms with E-state index in [-0.39, 0.29) is 12.0 Å². The van der Waals surface area contributed by atoms with E-state index in [9.17, 15) is 4.79 Å². The summed E-state index contributed by atoms with van der Waals surface area (Å²) >= 11 is 0. The molecule has 2 N–H and O–H groups in total. The van der Waals surface area contributed by atoms with E-state index in [1.165, 1.54) is 6.42 Å². The van der Waals surface area contributed by atoms with Gasteiger partial charge in [0.25, 0.3) is 0 Å². The summed E-state index contributed by atoms with van der Waals surface area (Å²) in [6, 6.07) is 0. The summed E-state index contributed by atoms with van der Waals surface area (Å²) in [6.07, 6.45) is 8.12. The van der Waals surface area contributed by atoms with Crippen molar-refractivity contribution in [1.29, 1.82) is 0 Å². The second kappa shape index (κ2) is 6.39. The fourth-order valence-corrected chi connectivity index (χ4v) is 2.01. The lowest BCUT2D eigenvalue weighted by Crippen LogP contribution is -2.31. The van der Waals surface area contributed by atoms with E-state index in [1.807, 2.05) is 0 Å². The number of imidazole rings is 1. The van der Waals surface area contributed by atoms with Crippen molar-refractivity contribution in [3.63, 3.8) is 0 Å². The zero-order valence-corrected chi connectivity index (χ0v) is 9.95. The minimum Gasteiger partial charge on any atom is -0.378 e. The van der Waals surface area contributed by atoms with Crippen LogP contribution in [-0.2, 0) is 16.0 Å². The molecule has 1 amide bonds. The number of nitrogens with one attached hydrogen (secondary N) is 2. The zero-order chi connectivity index (χ0) is 11.9. The van der Waals surface area contributed by atoms with Crippen molar-refractivity contribution in [3.8, 4) is 0 Å². The Morgan fingerprint density at radius 3 is 3.24 bits per heavy atom. The molecule has 0 spiro atoms. The fourth-order valence-electron chi connectivity index (χ4n) is 2.01. The van der Waals surface area contributed by atoms with Gasteiger partial charge in [-0.2, -0.15) is 0 Å². The predicted molar refractivity (Wildman–Crippen MR) is 63.5 cm³/mol. The molecule has 1 aliphatic heterocycles. The highest BCUT2D eigenvalue weighted by molar-refractivity contribution is 5.76. The number of H-pyrrole nitrogens is 1. The van der Waals surface area contributed by atoms with E-state index >= 15 is 0 Å². The third-order valence-electron chi connectivity index (χ3n) is 2.96. The molecule has 1 fully saturated rings. The quantitative estimate of drug-likeness (QED) is 0.803. The van der Waals surface area contributed by atoms with Gasteiger partial charge in [0, 0.05) is 31.5 Å². The summed E-state index contributed by atoms with van der Waals surface area (Å²) in [7, 11) is 0. The monoisotopic (exact) mass is 237 g/mol. The molecule has 5 nitrogen and oxygen atoms in total. The number of carbonyl (C=O) groups is 1. The molecule has 0 radical (unpaired) electrons. The lowest BCUT2D eigenvalue weighted by Gasteiger charge is -2.21. The number of aromatic amines is 1. The molecule has 17 heavy (non-hydrogen) atoms. The maximum Gasteiger partial charge on any atom is 0.222 e. The van der Waals surface area contributed by atoms with Gasteiger partial charge in [0.1, 0.15) is 0 Å². The van der Waals surface area contributed by atoms with Gasteiger partial charge in [0.2, 0.25) is 5.91 Å². The van der Waals surface area contributed by atoms with Crippen LogP contribution in [0.3, 0.4) is 0 Å². The first kappa shape index (κ1) is 12.1. The predicted octanol–water partition coefficient (Wildman–Crippen LogP) is 1.03. The standard InChI is InChI=1S/C12H19N3O2/c16-12(7-11-3-1-2-6-17-11)14-5-4-10-8-13-9-15-10/h8-9,11H,1-7H2,(H,13,15)(H,14,16). The van der Waals surface area contributed by atoms with Crippen LogP contribution in [-0.4, -0.2) is 35.1 Å². The molecule has 0 aliphatic carbocycles. The van der Waals surface area contributed by atoms with Crippen molar-refractivity contribution in [1.82, 2.24) is 15.3 Å². The third-order valence-corrected chi connectivity index (χ3v) is 2.96. The fraction of sp³-hybridized carbons (Fsp3) is 0.667. The maximum atomic E-state index is 11.6. The molecule has 1 unspecified atom stereocenters. The highest BCUT2D eigenvalue weighted by atomic mass is 16.5. The summed E-state index contributed by atoms with van der Waals surface area (Å²) in [6.45, 7) is 1.44. The van der Waals surface area contributed by atoms with Crippen molar-refractivity contribution in [2.24, 2.45) is 0 Å². The average molecular weight is 237 g/mol. The third kappa shape index (κ3) is 4.19. The number of carbonyl (C=O) groups excluding carboxylic acids is 1. The molecule has 0 saturated carbocycles. The van der Waals surface area contributed by atoms with Gasteiger partial charge in [-0.1, -0.05) is 0 Å². The van der Waals surface area contributed by atoms with Gasteiger partial charge in [-0.3, -0.25) is 4.79 Å². The Kier molecular flexibility index (Phi) is 4.55. The van der Waals surface area contributed by atoms with Gasteiger partial charge in [0.15, 0.2) is 0 Å². The second-order valence-electron chi connectivity index (χ2n) is 4.37. The Morgan fingerprint density at radius 2 is 2.53 bits per heavy atom. The summed E-state index contributed by atoms with van der Waals surface area (Å²) < 4.78 is 5.52. The normalized spacial score (nSPS) is 20.1. The summed E-state index contributed by atoms with van der Waals surface area (Å²) in [4.78, 5) is 18.6. The molecule has 5 heteroatoms. The van der Waals surface area contributed by atoms with Crippen LogP contribution in [0.5, 0.6) is 0 Å². The number of ether oxygens (including phenoxy) is 1. The first-order valence-electron chi connectivity index (χ1n) is 6.20. The Hall–Kier alpha value is -1.36. The number of rotatable bonds is 5. The van der Waals surface area contributed by atoms with E-state index < -0.39 is 0 Å². The van der Waals surface area contributed by atoms with Crippen LogP contribution in [0.4, 0.5) is 0 Å². The Labute approximate surface area is 101 Å². The minimum absolute atomic E-state index is 0.0800. The summed E-state index contributed by atoms with van der Waals surface area (Å²) in [5.74, 6) is 0.0800. The highest BCUT2D eigenvalue weighted by Crippen LogP contribution is 2.15. The maximum absolute atomic E-state index is 11.6. The van der Waals surface area contributed by atoms with Gasteiger partial charge in [0.05, 0.1) is 18.9 Å². The van der Waals surface area contributed by atoms with E-state index in [1.54, 1.807) is 12.5 Å². The molecule has 1 aliphatic rings. The number of amides is 1. The zero-order valence-electron chi connectivity index (χ0n) is 9.95. The first-order valence-corrected chi connectivity index (χ1v) is 6.20. The molecule has 1 saturated heterocycles. The number of hydrogen-bond donors (Lipinski definition) is 2. The average Bonchev–Trinajstić information content (AvgIpc) is 2.83. The van der Waals surface area contributed by atoms with Crippen LogP contribution in [0, 0.1) is 0 Å². The van der Waals surface area contributed by atoms with Crippen molar-refractivity contribution in [3.05, 3.63) is 18.2 Å². The van der Waals surface area contributed by atoms with Crippen molar-refractivity contribution in [2.45, 2.75) is 38.2 Å². The van der Waals surface area contributed by atoms with Crippen LogP contribution in [0.2, 0.25) is 0 Å². The van der Waals surface area contributed by atoms with Gasteiger partial charge in [-0.25, -0.2) is 4.98 Å². The Balaban J connectivity index is 1.60. The van der Waals surface area contributed by atoms with Crippen LogP contribution < -0.4 is 5.32 Å². The van der Waals surface area contributed by atoms with Gasteiger partial charge in [-0.15, -0.1) is 0 Å². The van der Waals surface area contributed by atoms with Crippen LogP contribution >= 0.6 is 0 Å². The van der Waals surface area contributed by atoms with E-state index in [0.29, 0.717) is 13.0 Å². The van der Waals surface area contributed by atoms with E-state index in [0.717, 1.165) is 31.6 Å². The van der Waals surface area contributed by atoms with E-state index in [4.69, 9.17) is 4.74 Å². The van der Waals surface area contributed by atoms with Crippen LogP contribution in [0.25, 0.3) is 0 Å². The smallest absolute Gasteiger partial charge is 0.222 e. The molecule has 2 heterocycles. The molecule has 0 bridgehead atoms.